The second kappa shape index (κ2) is 9.98. The van der Waals surface area contributed by atoms with Crippen molar-refractivity contribution >= 4 is 51.4 Å². The van der Waals surface area contributed by atoms with Crippen LogP contribution in [0.5, 0.6) is 5.75 Å². The van der Waals surface area contributed by atoms with Crippen LogP contribution in [0.25, 0.3) is 16.8 Å². The molecule has 4 aromatic rings. The summed E-state index contributed by atoms with van der Waals surface area (Å²) in [7, 11) is 0. The third-order valence-electron chi connectivity index (χ3n) is 5.85. The van der Waals surface area contributed by atoms with Gasteiger partial charge in [0.25, 0.3) is 11.1 Å². The number of nitrogens with zero attached hydrogens (tertiary/aromatic N) is 1. The van der Waals surface area contributed by atoms with Gasteiger partial charge in [0, 0.05) is 10.6 Å². The number of fused-ring (bicyclic) bond motifs is 1. The Morgan fingerprint density at radius 3 is 2.37 bits per heavy atom. The zero-order valence-corrected chi connectivity index (χ0v) is 20.6. The fourth-order valence-electron chi connectivity index (χ4n) is 3.94. The van der Waals surface area contributed by atoms with Gasteiger partial charge in [-0.15, -0.1) is 0 Å². The third-order valence-corrected chi connectivity index (χ3v) is 7.01. The number of carbonyl (C=O) groups is 2. The summed E-state index contributed by atoms with van der Waals surface area (Å²) in [5.74, 6) is 0.348. The van der Waals surface area contributed by atoms with E-state index >= 15 is 0 Å². The second-order valence-corrected chi connectivity index (χ2v) is 9.80. The van der Waals surface area contributed by atoms with Crippen molar-refractivity contribution in [1.29, 1.82) is 0 Å². The van der Waals surface area contributed by atoms with E-state index in [0.29, 0.717) is 22.3 Å². The predicted octanol–water partition coefficient (Wildman–Crippen LogP) is 7.62. The Morgan fingerprint density at radius 1 is 0.886 bits per heavy atom. The molecule has 5 rings (SSSR count). The van der Waals surface area contributed by atoms with Crippen molar-refractivity contribution in [3.8, 4) is 5.75 Å². The number of rotatable bonds is 6. The van der Waals surface area contributed by atoms with E-state index < -0.39 is 0 Å². The first-order chi connectivity index (χ1) is 17.0. The number of amides is 2. The van der Waals surface area contributed by atoms with Gasteiger partial charge in [-0.3, -0.25) is 14.5 Å². The number of carbonyl (C=O) groups excluding carboxylic acids is 2. The molecule has 0 spiro atoms. The van der Waals surface area contributed by atoms with Gasteiger partial charge in [0.2, 0.25) is 0 Å². The fraction of sp³-hybridized carbons (Fsp3) is 0.103. The highest BCUT2D eigenvalue weighted by molar-refractivity contribution is 8.18. The predicted molar refractivity (Wildman–Crippen MR) is 142 cm³/mol. The molecule has 35 heavy (non-hydrogen) atoms. The van der Waals surface area contributed by atoms with Gasteiger partial charge in [-0.1, -0.05) is 83.9 Å². The molecular formula is C29H22ClNO3S. The lowest BCUT2D eigenvalue weighted by atomic mass is 10.0. The van der Waals surface area contributed by atoms with Crippen LogP contribution < -0.4 is 4.74 Å². The van der Waals surface area contributed by atoms with Gasteiger partial charge < -0.3 is 4.74 Å². The highest BCUT2D eigenvalue weighted by Crippen LogP contribution is 2.37. The number of hydrogen-bond acceptors (Lipinski definition) is 4. The Hall–Kier alpha value is -3.54. The summed E-state index contributed by atoms with van der Waals surface area (Å²) in [4.78, 5) is 27.6. The van der Waals surface area contributed by atoms with Gasteiger partial charge in [-0.25, -0.2) is 0 Å². The monoisotopic (exact) mass is 499 g/mol. The number of ether oxygens (including phenoxy) is 1. The van der Waals surface area contributed by atoms with Gasteiger partial charge in [0.05, 0.1) is 11.4 Å². The fourth-order valence-corrected chi connectivity index (χ4v) is 4.88. The molecular weight excluding hydrogens is 478 g/mol. The number of imide groups is 1. The lowest BCUT2D eigenvalue weighted by Gasteiger charge is -2.14. The van der Waals surface area contributed by atoms with Crippen LogP contribution in [-0.4, -0.2) is 16.0 Å². The summed E-state index contributed by atoms with van der Waals surface area (Å²) in [6, 6.07) is 27.1. The molecule has 0 aromatic heterocycles. The van der Waals surface area contributed by atoms with Crippen molar-refractivity contribution in [1.82, 2.24) is 4.90 Å². The first-order valence-electron chi connectivity index (χ1n) is 11.2. The maximum absolute atomic E-state index is 13.2. The molecule has 1 aliphatic rings. The van der Waals surface area contributed by atoms with Gasteiger partial charge in [0.1, 0.15) is 12.4 Å². The standard InChI is InChI=1S/C29H22ClNO3S/c1-19-6-8-20(9-7-19)17-31-28(32)27(35-29(31)33)16-25-24-5-3-2-4-22(24)12-15-26(25)34-18-21-10-13-23(30)14-11-21/h2-16H,17-18H2,1H3/b27-16-. The second-order valence-electron chi connectivity index (χ2n) is 8.37. The van der Waals surface area contributed by atoms with E-state index in [4.69, 9.17) is 16.3 Å². The van der Waals surface area contributed by atoms with Crippen molar-refractivity contribution in [2.75, 3.05) is 0 Å². The minimum Gasteiger partial charge on any atom is -0.488 e. The normalized spacial score (nSPS) is 14.8. The number of halogens is 1. The van der Waals surface area contributed by atoms with E-state index in [-0.39, 0.29) is 17.7 Å². The molecule has 1 aliphatic heterocycles. The molecule has 0 radical (unpaired) electrons. The molecule has 0 bridgehead atoms. The average molecular weight is 500 g/mol. The first-order valence-corrected chi connectivity index (χ1v) is 12.4. The van der Waals surface area contributed by atoms with Crippen LogP contribution in [0, 0.1) is 6.92 Å². The minimum atomic E-state index is -0.294. The molecule has 2 amide bonds. The van der Waals surface area contributed by atoms with Gasteiger partial charge >= 0.3 is 0 Å². The van der Waals surface area contributed by atoms with E-state index in [9.17, 15) is 9.59 Å². The summed E-state index contributed by atoms with van der Waals surface area (Å²) in [5.41, 5.74) is 3.80. The third kappa shape index (κ3) is 5.11. The van der Waals surface area contributed by atoms with E-state index in [1.54, 1.807) is 6.08 Å². The van der Waals surface area contributed by atoms with Crippen LogP contribution >= 0.6 is 23.4 Å². The summed E-state index contributed by atoms with van der Waals surface area (Å²) in [5, 5.41) is 2.37. The highest BCUT2D eigenvalue weighted by atomic mass is 35.5. The Balaban J connectivity index is 1.46. The number of thioether (sulfide) groups is 1. The molecule has 4 nitrogen and oxygen atoms in total. The summed E-state index contributed by atoms with van der Waals surface area (Å²) >= 11 is 6.96. The summed E-state index contributed by atoms with van der Waals surface area (Å²) in [6.45, 7) is 2.60. The number of hydrogen-bond donors (Lipinski definition) is 0. The van der Waals surface area contributed by atoms with E-state index in [2.05, 4.69) is 0 Å². The van der Waals surface area contributed by atoms with Crippen LogP contribution in [0.15, 0.2) is 89.8 Å². The summed E-state index contributed by atoms with van der Waals surface area (Å²) < 4.78 is 6.17. The Morgan fingerprint density at radius 2 is 1.60 bits per heavy atom. The lowest BCUT2D eigenvalue weighted by Crippen LogP contribution is -2.27. The van der Waals surface area contributed by atoms with Gasteiger partial charge in [-0.2, -0.15) is 0 Å². The number of benzene rings is 4. The molecule has 0 unspecified atom stereocenters. The number of aryl methyl sites for hydroxylation is 1. The maximum atomic E-state index is 13.2. The Kier molecular flexibility index (Phi) is 6.62. The van der Waals surface area contributed by atoms with Gasteiger partial charge in [0.15, 0.2) is 0 Å². The Bertz CT molecular complexity index is 1450. The van der Waals surface area contributed by atoms with E-state index in [1.165, 1.54) is 4.90 Å². The van der Waals surface area contributed by atoms with Gasteiger partial charge in [-0.05, 0) is 64.9 Å². The highest BCUT2D eigenvalue weighted by Gasteiger charge is 2.35. The quantitative estimate of drug-likeness (QED) is 0.256. The average Bonchev–Trinajstić information content (AvgIpc) is 3.13. The van der Waals surface area contributed by atoms with Crippen molar-refractivity contribution in [2.45, 2.75) is 20.1 Å². The van der Waals surface area contributed by atoms with Crippen molar-refractivity contribution in [3.63, 3.8) is 0 Å². The molecule has 174 valence electrons. The zero-order chi connectivity index (χ0) is 24.4. The molecule has 1 fully saturated rings. The molecule has 1 heterocycles. The van der Waals surface area contributed by atoms with E-state index in [0.717, 1.165) is 44.8 Å². The molecule has 1 saturated heterocycles. The molecule has 0 aliphatic carbocycles. The summed E-state index contributed by atoms with van der Waals surface area (Å²) in [6.07, 6.45) is 1.78. The van der Waals surface area contributed by atoms with Crippen LogP contribution in [0.4, 0.5) is 4.79 Å². The smallest absolute Gasteiger partial charge is 0.293 e. The first kappa shape index (κ1) is 23.2. The van der Waals surface area contributed by atoms with Crippen LogP contribution in [-0.2, 0) is 17.9 Å². The minimum absolute atomic E-state index is 0.248. The van der Waals surface area contributed by atoms with Crippen molar-refractivity contribution in [2.24, 2.45) is 0 Å². The largest absolute Gasteiger partial charge is 0.488 e. The van der Waals surface area contributed by atoms with Crippen molar-refractivity contribution < 1.29 is 14.3 Å². The van der Waals surface area contributed by atoms with Crippen LogP contribution in [0.3, 0.4) is 0 Å². The molecule has 6 heteroatoms. The van der Waals surface area contributed by atoms with Crippen LogP contribution in [0.2, 0.25) is 5.02 Å². The SMILES string of the molecule is Cc1ccc(CN2C(=O)S/C(=C\c3c(OCc4ccc(Cl)cc4)ccc4ccccc34)C2=O)cc1. The molecule has 0 atom stereocenters. The lowest BCUT2D eigenvalue weighted by molar-refractivity contribution is -0.123. The molecule has 4 aromatic carbocycles. The zero-order valence-electron chi connectivity index (χ0n) is 19.0. The molecule has 0 N–H and O–H groups in total. The van der Waals surface area contributed by atoms with E-state index in [1.807, 2.05) is 91.9 Å². The van der Waals surface area contributed by atoms with Crippen LogP contribution in [0.1, 0.15) is 22.3 Å². The maximum Gasteiger partial charge on any atom is 0.293 e. The van der Waals surface area contributed by atoms with Crippen molar-refractivity contribution in [3.05, 3.63) is 117 Å². The Labute approximate surface area is 213 Å². The molecule has 0 saturated carbocycles. The topological polar surface area (TPSA) is 46.6 Å².